The summed E-state index contributed by atoms with van der Waals surface area (Å²) in [4.78, 5) is 22.1. The Bertz CT molecular complexity index is 817. The van der Waals surface area contributed by atoms with E-state index in [1.54, 1.807) is 17.9 Å². The lowest BCUT2D eigenvalue weighted by Crippen LogP contribution is -2.45. The van der Waals surface area contributed by atoms with Gasteiger partial charge >= 0.3 is 6.36 Å². The molecule has 3 rings (SSSR count). The summed E-state index contributed by atoms with van der Waals surface area (Å²) >= 11 is 0. The molecule has 1 aliphatic rings. The normalized spacial score (nSPS) is 16.9. The molecule has 0 spiro atoms. The van der Waals surface area contributed by atoms with E-state index in [2.05, 4.69) is 14.7 Å². The van der Waals surface area contributed by atoms with E-state index in [0.29, 0.717) is 11.3 Å². The largest absolute Gasteiger partial charge is 0.573 e. The monoisotopic (exact) mass is 381 g/mol. The molecule has 9 heteroatoms. The molecule has 1 saturated heterocycles. The number of likely N-dealkylation sites (tertiary alicyclic amines) is 1. The molecular weight excluding hydrogens is 363 g/mol. The Kier molecular flexibility index (Phi) is 5.05. The Morgan fingerprint density at radius 3 is 2.52 bits per heavy atom. The molecule has 6 nitrogen and oxygen atoms in total. The summed E-state index contributed by atoms with van der Waals surface area (Å²) in [5.74, 6) is -0.680. The number of piperidine rings is 1. The second-order valence-corrected chi connectivity index (χ2v) is 6.44. The van der Waals surface area contributed by atoms with Crippen molar-refractivity contribution in [1.29, 1.82) is 0 Å². The molecule has 1 aromatic heterocycles. The first-order valence-electron chi connectivity index (χ1n) is 8.33. The standard InChI is InChI=1S/C18H18F3N3O3/c1-12-10-23-15(11-22-12)16(25)24-7-5-17(26,6-8-24)13-3-2-4-14(9-13)27-18(19,20)21/h2-4,9-11,26H,5-8H2,1H3. The van der Waals surface area contributed by atoms with Crippen LogP contribution in [0.3, 0.4) is 0 Å². The van der Waals surface area contributed by atoms with Crippen LogP contribution in [0.1, 0.15) is 34.6 Å². The van der Waals surface area contributed by atoms with Crippen LogP contribution in [0.15, 0.2) is 36.7 Å². The number of aromatic nitrogens is 2. The van der Waals surface area contributed by atoms with Gasteiger partial charge in [-0.15, -0.1) is 13.2 Å². The summed E-state index contributed by atoms with van der Waals surface area (Å²) in [7, 11) is 0. The zero-order valence-electron chi connectivity index (χ0n) is 14.5. The van der Waals surface area contributed by atoms with Crippen LogP contribution < -0.4 is 4.74 Å². The molecule has 1 amide bonds. The highest BCUT2D eigenvalue weighted by Gasteiger charge is 2.37. The third-order valence-corrected chi connectivity index (χ3v) is 4.48. The summed E-state index contributed by atoms with van der Waals surface area (Å²) < 4.78 is 41.1. The Balaban J connectivity index is 1.69. The van der Waals surface area contributed by atoms with Gasteiger partial charge in [-0.25, -0.2) is 4.98 Å². The van der Waals surface area contributed by atoms with Crippen LogP contribution in [0.4, 0.5) is 13.2 Å². The highest BCUT2D eigenvalue weighted by molar-refractivity contribution is 5.92. The fraction of sp³-hybridized carbons (Fsp3) is 0.389. The van der Waals surface area contributed by atoms with Crippen LogP contribution in [-0.4, -0.2) is 45.3 Å². The predicted octanol–water partition coefficient (Wildman–Crippen LogP) is 2.81. The summed E-state index contributed by atoms with van der Waals surface area (Å²) in [6.07, 6.45) is -1.52. The van der Waals surface area contributed by atoms with Gasteiger partial charge in [0.25, 0.3) is 5.91 Å². The molecular formula is C18H18F3N3O3. The third-order valence-electron chi connectivity index (χ3n) is 4.48. The van der Waals surface area contributed by atoms with Crippen LogP contribution in [0, 0.1) is 6.92 Å². The number of hydrogen-bond acceptors (Lipinski definition) is 5. The second-order valence-electron chi connectivity index (χ2n) is 6.44. The van der Waals surface area contributed by atoms with Crippen molar-refractivity contribution < 1.29 is 27.8 Å². The van der Waals surface area contributed by atoms with Crippen molar-refractivity contribution >= 4 is 5.91 Å². The van der Waals surface area contributed by atoms with Gasteiger partial charge in [0, 0.05) is 19.3 Å². The van der Waals surface area contributed by atoms with Crippen LogP contribution in [0.2, 0.25) is 0 Å². The maximum atomic E-state index is 12.5. The number of halogens is 3. The van der Waals surface area contributed by atoms with E-state index in [9.17, 15) is 23.1 Å². The van der Waals surface area contributed by atoms with Crippen molar-refractivity contribution in [3.8, 4) is 5.75 Å². The minimum absolute atomic E-state index is 0.188. The number of rotatable bonds is 3. The first-order chi connectivity index (χ1) is 12.7. The lowest BCUT2D eigenvalue weighted by molar-refractivity contribution is -0.274. The smallest absolute Gasteiger partial charge is 0.406 e. The molecule has 27 heavy (non-hydrogen) atoms. The molecule has 2 aromatic rings. The van der Waals surface area contributed by atoms with E-state index in [0.717, 1.165) is 0 Å². The van der Waals surface area contributed by atoms with Crippen molar-refractivity contribution in [2.75, 3.05) is 13.1 Å². The maximum absolute atomic E-state index is 12.5. The molecule has 2 heterocycles. The second kappa shape index (κ2) is 7.15. The van der Waals surface area contributed by atoms with Crippen LogP contribution in [0.25, 0.3) is 0 Å². The number of hydrogen-bond donors (Lipinski definition) is 1. The Hall–Kier alpha value is -2.68. The van der Waals surface area contributed by atoms with Crippen LogP contribution in [0.5, 0.6) is 5.75 Å². The Morgan fingerprint density at radius 2 is 1.93 bits per heavy atom. The summed E-state index contributed by atoms with van der Waals surface area (Å²) in [5.41, 5.74) is -0.0978. The summed E-state index contributed by atoms with van der Waals surface area (Å²) in [6, 6.07) is 5.30. The quantitative estimate of drug-likeness (QED) is 0.885. The van der Waals surface area contributed by atoms with Gasteiger partial charge in [0.15, 0.2) is 0 Å². The fourth-order valence-corrected chi connectivity index (χ4v) is 3.02. The van der Waals surface area contributed by atoms with Gasteiger partial charge in [-0.1, -0.05) is 12.1 Å². The maximum Gasteiger partial charge on any atom is 0.573 e. The van der Waals surface area contributed by atoms with E-state index >= 15 is 0 Å². The molecule has 0 atom stereocenters. The number of nitrogens with zero attached hydrogens (tertiary/aromatic N) is 3. The average molecular weight is 381 g/mol. The minimum Gasteiger partial charge on any atom is -0.406 e. The number of alkyl halides is 3. The molecule has 1 aliphatic heterocycles. The molecule has 1 N–H and O–H groups in total. The number of carbonyl (C=O) groups excluding carboxylic acids is 1. The zero-order valence-corrected chi connectivity index (χ0v) is 14.5. The first-order valence-corrected chi connectivity index (χ1v) is 8.33. The van der Waals surface area contributed by atoms with Gasteiger partial charge in [0.1, 0.15) is 11.4 Å². The van der Waals surface area contributed by atoms with E-state index < -0.39 is 12.0 Å². The molecule has 0 radical (unpaired) electrons. The minimum atomic E-state index is -4.80. The number of benzene rings is 1. The van der Waals surface area contributed by atoms with Gasteiger partial charge in [0.05, 0.1) is 17.5 Å². The average Bonchev–Trinajstić information content (AvgIpc) is 2.61. The first kappa shape index (κ1) is 19.1. The Labute approximate surface area is 153 Å². The van der Waals surface area contributed by atoms with Crippen molar-refractivity contribution in [2.45, 2.75) is 31.7 Å². The van der Waals surface area contributed by atoms with E-state index in [4.69, 9.17) is 0 Å². The van der Waals surface area contributed by atoms with Gasteiger partial charge < -0.3 is 14.7 Å². The third kappa shape index (κ3) is 4.54. The summed E-state index contributed by atoms with van der Waals surface area (Å²) in [5, 5.41) is 10.9. The molecule has 144 valence electrons. The molecule has 1 fully saturated rings. The van der Waals surface area contributed by atoms with Crippen molar-refractivity contribution in [3.63, 3.8) is 0 Å². The lowest BCUT2D eigenvalue weighted by Gasteiger charge is -2.38. The highest BCUT2D eigenvalue weighted by Crippen LogP contribution is 2.35. The number of aryl methyl sites for hydroxylation is 1. The molecule has 0 saturated carbocycles. The SMILES string of the molecule is Cc1cnc(C(=O)N2CCC(O)(c3cccc(OC(F)(F)F)c3)CC2)cn1. The molecule has 0 bridgehead atoms. The van der Waals surface area contributed by atoms with E-state index in [-0.39, 0.29) is 43.3 Å². The predicted molar refractivity (Wildman–Crippen MR) is 88.9 cm³/mol. The summed E-state index contributed by atoms with van der Waals surface area (Å²) in [6.45, 7) is 2.25. The van der Waals surface area contributed by atoms with Crippen molar-refractivity contribution in [2.24, 2.45) is 0 Å². The van der Waals surface area contributed by atoms with E-state index in [1.807, 2.05) is 0 Å². The number of aliphatic hydroxyl groups is 1. The number of amides is 1. The molecule has 0 unspecified atom stereocenters. The van der Waals surface area contributed by atoms with Gasteiger partial charge in [-0.2, -0.15) is 0 Å². The molecule has 1 aromatic carbocycles. The lowest BCUT2D eigenvalue weighted by atomic mass is 9.84. The van der Waals surface area contributed by atoms with Gasteiger partial charge in [-0.3, -0.25) is 9.78 Å². The highest BCUT2D eigenvalue weighted by atomic mass is 19.4. The number of ether oxygens (including phenoxy) is 1. The fourth-order valence-electron chi connectivity index (χ4n) is 3.02. The van der Waals surface area contributed by atoms with Crippen LogP contribution >= 0.6 is 0 Å². The van der Waals surface area contributed by atoms with Gasteiger partial charge in [-0.05, 0) is 37.5 Å². The molecule has 0 aliphatic carbocycles. The Morgan fingerprint density at radius 1 is 1.22 bits per heavy atom. The topological polar surface area (TPSA) is 75.6 Å². The van der Waals surface area contributed by atoms with E-state index in [1.165, 1.54) is 30.6 Å². The zero-order chi connectivity index (χ0) is 19.7. The van der Waals surface area contributed by atoms with Crippen LogP contribution in [-0.2, 0) is 5.60 Å². The van der Waals surface area contributed by atoms with Crippen molar-refractivity contribution in [1.82, 2.24) is 14.9 Å². The van der Waals surface area contributed by atoms with Crippen molar-refractivity contribution in [3.05, 3.63) is 53.6 Å². The van der Waals surface area contributed by atoms with Gasteiger partial charge in [0.2, 0.25) is 0 Å². The number of carbonyl (C=O) groups is 1.